The van der Waals surface area contributed by atoms with Gasteiger partial charge in [-0.2, -0.15) is 11.8 Å². The van der Waals surface area contributed by atoms with Crippen molar-refractivity contribution < 1.29 is 9.53 Å². The first-order valence-electron chi connectivity index (χ1n) is 6.27. The van der Waals surface area contributed by atoms with Crippen LogP contribution >= 0.6 is 11.8 Å². The number of rotatable bonds is 4. The van der Waals surface area contributed by atoms with Gasteiger partial charge in [-0.15, -0.1) is 0 Å². The van der Waals surface area contributed by atoms with Crippen molar-refractivity contribution in [3.63, 3.8) is 0 Å². The smallest absolute Gasteiger partial charge is 0.180 e. The Morgan fingerprint density at radius 1 is 1.33 bits per heavy atom. The summed E-state index contributed by atoms with van der Waals surface area (Å²) in [6, 6.07) is 7.45. The number of benzene rings is 1. The molecule has 1 aromatic carbocycles. The van der Waals surface area contributed by atoms with Crippen LogP contribution in [-0.2, 0) is 0 Å². The first kappa shape index (κ1) is 13.4. The minimum atomic E-state index is 0.152. The van der Waals surface area contributed by atoms with Crippen LogP contribution in [0, 0.1) is 0 Å². The van der Waals surface area contributed by atoms with Crippen LogP contribution in [0.5, 0.6) is 5.75 Å². The van der Waals surface area contributed by atoms with Crippen LogP contribution in [0.3, 0.4) is 0 Å². The number of carbonyl (C=O) groups is 1. The van der Waals surface area contributed by atoms with E-state index in [2.05, 4.69) is 4.90 Å². The predicted octanol–water partition coefficient (Wildman–Crippen LogP) is 2.32. The average Bonchev–Trinajstić information content (AvgIpc) is 2.67. The Kier molecular flexibility index (Phi) is 5.08. The van der Waals surface area contributed by atoms with Crippen LogP contribution in [0.15, 0.2) is 24.3 Å². The highest BCUT2D eigenvalue weighted by Gasteiger charge is 2.16. The van der Waals surface area contributed by atoms with Crippen molar-refractivity contribution in [2.45, 2.75) is 6.42 Å². The molecule has 1 saturated heterocycles. The van der Waals surface area contributed by atoms with Crippen LogP contribution < -0.4 is 4.74 Å². The highest BCUT2D eigenvalue weighted by atomic mass is 32.2. The largest absolute Gasteiger partial charge is 0.496 e. The van der Waals surface area contributed by atoms with E-state index in [-0.39, 0.29) is 5.78 Å². The Hall–Kier alpha value is -1.00. The maximum absolute atomic E-state index is 12.3. The van der Waals surface area contributed by atoms with Crippen LogP contribution in [0.4, 0.5) is 0 Å². The Bertz CT molecular complexity index is 401. The lowest BCUT2D eigenvalue weighted by Crippen LogP contribution is -2.32. The molecule has 18 heavy (non-hydrogen) atoms. The van der Waals surface area contributed by atoms with E-state index in [4.69, 9.17) is 4.74 Å². The first-order valence-corrected chi connectivity index (χ1v) is 7.43. The fourth-order valence-electron chi connectivity index (χ4n) is 2.12. The number of para-hydroxylation sites is 1. The van der Waals surface area contributed by atoms with E-state index in [1.54, 1.807) is 7.11 Å². The molecule has 0 radical (unpaired) electrons. The molecule has 0 N–H and O–H groups in total. The van der Waals surface area contributed by atoms with Crippen LogP contribution in [0.2, 0.25) is 0 Å². The van der Waals surface area contributed by atoms with Gasteiger partial charge in [-0.1, -0.05) is 12.1 Å². The number of ether oxygens (including phenoxy) is 1. The van der Waals surface area contributed by atoms with Gasteiger partial charge in [0.2, 0.25) is 0 Å². The van der Waals surface area contributed by atoms with Gasteiger partial charge in [0.05, 0.1) is 19.2 Å². The van der Waals surface area contributed by atoms with Gasteiger partial charge in [-0.25, -0.2) is 0 Å². The lowest BCUT2D eigenvalue weighted by Gasteiger charge is -2.18. The molecule has 0 saturated carbocycles. The fourth-order valence-corrected chi connectivity index (χ4v) is 3.04. The van der Waals surface area contributed by atoms with E-state index >= 15 is 0 Å². The second kappa shape index (κ2) is 6.81. The highest BCUT2D eigenvalue weighted by molar-refractivity contribution is 7.99. The van der Waals surface area contributed by atoms with Gasteiger partial charge < -0.3 is 4.74 Å². The minimum Gasteiger partial charge on any atom is -0.496 e. The maximum Gasteiger partial charge on any atom is 0.180 e. The third kappa shape index (κ3) is 3.50. The van der Waals surface area contributed by atoms with Crippen molar-refractivity contribution in [3.8, 4) is 5.75 Å². The van der Waals surface area contributed by atoms with Crippen molar-refractivity contribution in [2.24, 2.45) is 0 Å². The van der Waals surface area contributed by atoms with Crippen LogP contribution in [0.25, 0.3) is 0 Å². The van der Waals surface area contributed by atoms with Gasteiger partial charge in [0.25, 0.3) is 0 Å². The number of ketones is 1. The molecule has 1 aliphatic rings. The van der Waals surface area contributed by atoms with Crippen molar-refractivity contribution in [1.82, 2.24) is 4.90 Å². The Labute approximate surface area is 113 Å². The third-order valence-electron chi connectivity index (χ3n) is 3.09. The Balaban J connectivity index is 2.02. The van der Waals surface area contributed by atoms with Crippen molar-refractivity contribution in [1.29, 1.82) is 0 Å². The number of hydrogen-bond donors (Lipinski definition) is 0. The molecule has 3 nitrogen and oxygen atoms in total. The molecule has 0 spiro atoms. The number of nitrogens with zero attached hydrogens (tertiary/aromatic N) is 1. The summed E-state index contributed by atoms with van der Waals surface area (Å²) in [6.45, 7) is 2.53. The molecular weight excluding hydrogens is 246 g/mol. The fraction of sp³-hybridized carbons (Fsp3) is 0.500. The number of thioether (sulfide) groups is 1. The normalized spacial score (nSPS) is 17.2. The van der Waals surface area contributed by atoms with E-state index < -0.39 is 0 Å². The molecule has 1 fully saturated rings. The van der Waals surface area contributed by atoms with Gasteiger partial charge in [-0.3, -0.25) is 9.69 Å². The van der Waals surface area contributed by atoms with Gasteiger partial charge in [0, 0.05) is 12.3 Å². The first-order chi connectivity index (χ1) is 8.81. The van der Waals surface area contributed by atoms with Gasteiger partial charge in [-0.05, 0) is 30.9 Å². The van der Waals surface area contributed by atoms with Crippen LogP contribution in [-0.4, -0.2) is 48.9 Å². The van der Waals surface area contributed by atoms with E-state index in [1.807, 2.05) is 36.0 Å². The molecule has 1 heterocycles. The molecule has 0 aromatic heterocycles. The van der Waals surface area contributed by atoms with Gasteiger partial charge >= 0.3 is 0 Å². The summed E-state index contributed by atoms with van der Waals surface area (Å²) < 4.78 is 5.24. The van der Waals surface area contributed by atoms with Crippen molar-refractivity contribution in [3.05, 3.63) is 29.8 Å². The van der Waals surface area contributed by atoms with Gasteiger partial charge in [0.1, 0.15) is 5.75 Å². The number of methoxy groups -OCH3 is 1. The number of hydrogen-bond acceptors (Lipinski definition) is 4. The van der Waals surface area contributed by atoms with Crippen molar-refractivity contribution in [2.75, 3.05) is 38.2 Å². The standard InChI is InChI=1S/C14H19NO2S/c1-17-14-6-3-2-5-12(14)13(16)11-15-7-4-9-18-10-8-15/h2-3,5-6H,4,7-11H2,1H3. The molecule has 0 bridgehead atoms. The average molecular weight is 265 g/mol. The molecule has 0 aliphatic carbocycles. The molecule has 0 unspecified atom stereocenters. The summed E-state index contributed by atoms with van der Waals surface area (Å²) in [5, 5.41) is 0. The second-order valence-electron chi connectivity index (χ2n) is 4.37. The summed E-state index contributed by atoms with van der Waals surface area (Å²) in [5.41, 5.74) is 0.692. The second-order valence-corrected chi connectivity index (χ2v) is 5.59. The molecule has 0 amide bonds. The van der Waals surface area contributed by atoms with Crippen LogP contribution in [0.1, 0.15) is 16.8 Å². The monoisotopic (exact) mass is 265 g/mol. The molecular formula is C14H19NO2S. The lowest BCUT2D eigenvalue weighted by molar-refractivity contribution is 0.0933. The number of carbonyl (C=O) groups excluding carboxylic acids is 1. The van der Waals surface area contributed by atoms with E-state index in [9.17, 15) is 4.79 Å². The molecule has 0 atom stereocenters. The lowest BCUT2D eigenvalue weighted by atomic mass is 10.1. The Morgan fingerprint density at radius 3 is 3.00 bits per heavy atom. The quantitative estimate of drug-likeness (QED) is 0.781. The maximum atomic E-state index is 12.3. The SMILES string of the molecule is COc1ccccc1C(=O)CN1CCCSCC1. The predicted molar refractivity (Wildman–Crippen MR) is 75.7 cm³/mol. The zero-order valence-electron chi connectivity index (χ0n) is 10.7. The number of Topliss-reactive ketones (excluding diaryl/α,β-unsaturated/α-hetero) is 1. The van der Waals surface area contributed by atoms with Gasteiger partial charge in [0.15, 0.2) is 5.78 Å². The minimum absolute atomic E-state index is 0.152. The van der Waals surface area contributed by atoms with E-state index in [1.165, 1.54) is 12.2 Å². The summed E-state index contributed by atoms with van der Waals surface area (Å²) in [7, 11) is 1.61. The molecule has 4 heteroatoms. The molecule has 1 aromatic rings. The van der Waals surface area contributed by atoms with E-state index in [0.29, 0.717) is 17.9 Å². The zero-order valence-corrected chi connectivity index (χ0v) is 11.5. The summed E-state index contributed by atoms with van der Waals surface area (Å²) in [5.74, 6) is 3.16. The third-order valence-corrected chi connectivity index (χ3v) is 4.14. The van der Waals surface area contributed by atoms with Crippen molar-refractivity contribution >= 4 is 17.5 Å². The highest BCUT2D eigenvalue weighted by Crippen LogP contribution is 2.19. The zero-order chi connectivity index (χ0) is 12.8. The Morgan fingerprint density at radius 2 is 2.17 bits per heavy atom. The summed E-state index contributed by atoms with van der Waals surface area (Å²) >= 11 is 1.97. The summed E-state index contributed by atoms with van der Waals surface area (Å²) in [6.07, 6.45) is 1.17. The molecule has 98 valence electrons. The summed E-state index contributed by atoms with van der Waals surface area (Å²) in [4.78, 5) is 14.5. The molecule has 2 rings (SSSR count). The topological polar surface area (TPSA) is 29.5 Å². The molecule has 1 aliphatic heterocycles. The van der Waals surface area contributed by atoms with E-state index in [0.717, 1.165) is 18.8 Å².